The fourth-order valence-corrected chi connectivity index (χ4v) is 14.7. The van der Waals surface area contributed by atoms with Gasteiger partial charge in [0.25, 0.3) is 0 Å². The third-order valence-corrected chi connectivity index (χ3v) is 16.9. The van der Waals surface area contributed by atoms with Gasteiger partial charge in [0.2, 0.25) is 0 Å². The predicted octanol–water partition coefficient (Wildman–Crippen LogP) is 4.29. The molecule has 0 N–H and O–H groups in total. The average molecular weight is 691 g/mol. The Morgan fingerprint density at radius 2 is 0.915 bits per heavy atom. The van der Waals surface area contributed by atoms with Crippen molar-refractivity contribution in [2.24, 2.45) is 30.0 Å². The van der Waals surface area contributed by atoms with Gasteiger partial charge >= 0.3 is 275 Å². The summed E-state index contributed by atoms with van der Waals surface area (Å²) in [6, 6.07) is 31.3. The molecule has 0 fully saturated rings. The molecule has 10 rings (SSSR count). The second-order valence-electron chi connectivity index (χ2n) is 11.5. The topological polar surface area (TPSA) is 127 Å². The summed E-state index contributed by atoms with van der Waals surface area (Å²) in [5, 5.41) is 3.16. The Morgan fingerprint density at radius 1 is 0.532 bits per heavy atom. The minimum absolute atomic E-state index is 0.209. The first-order chi connectivity index (χ1) is 23.0. The van der Waals surface area contributed by atoms with E-state index in [1.54, 1.807) is 6.92 Å². The van der Waals surface area contributed by atoms with Crippen LogP contribution < -0.4 is 11.0 Å². The standard InChI is InChI=1S/C32H16N8.C2H6O3S.Ga/c1-2-10-18-17(9-1)25-33-26(18)38-28-21-13-5-6-14-22(21)30(35-28)40-32-24-16-8-7-15-23(24)31(36-32)39-29-20-12-4-3-11-19(20)27(34-29)37-25;1-2-6(3,4)5;/h1-16H;2H2,1H3,(H,3,4,5);/q-2;;+3/p-1. The van der Waals surface area contributed by atoms with Gasteiger partial charge in [-0.15, -0.1) is 0 Å². The molecule has 224 valence electrons. The number of hydrogen-bond donors (Lipinski definition) is 0. The zero-order valence-electron chi connectivity index (χ0n) is 24.7. The van der Waals surface area contributed by atoms with Gasteiger partial charge in [-0.25, -0.2) is 0 Å². The minimum atomic E-state index is -4.18. The van der Waals surface area contributed by atoms with E-state index in [2.05, 4.69) is 0 Å². The van der Waals surface area contributed by atoms with Crippen LogP contribution in [0.5, 0.6) is 0 Å². The fourth-order valence-electron chi connectivity index (χ4n) is 6.67. The van der Waals surface area contributed by atoms with E-state index in [1.165, 1.54) is 0 Å². The van der Waals surface area contributed by atoms with Crippen molar-refractivity contribution in [3.05, 3.63) is 130 Å². The van der Waals surface area contributed by atoms with Crippen molar-refractivity contribution in [1.29, 1.82) is 0 Å². The van der Waals surface area contributed by atoms with E-state index in [-0.39, 0.29) is 5.75 Å². The summed E-state index contributed by atoms with van der Waals surface area (Å²) < 4.78 is 37.4. The zero-order chi connectivity index (χ0) is 31.4. The Labute approximate surface area is 273 Å². The molecule has 6 heterocycles. The molecule has 0 spiro atoms. The number of rotatable bonds is 3. The number of nitrogens with zero attached hydrogens (tertiary/aromatic N) is 8. The SMILES string of the molecule is CCS(=O)(=O)[O][Ga]1[n]2c3c4ccccc4c2N=C2N=C(N=c4c5ccccc5c([n]41)=NC1=NC(=N3)c3ccccc31)c1ccccc12. The molecule has 6 aromatic rings. The van der Waals surface area contributed by atoms with Crippen molar-refractivity contribution in [1.82, 2.24) is 6.55 Å². The molecule has 2 aromatic heterocycles. The first-order valence-electron chi connectivity index (χ1n) is 15.1. The molecule has 0 aliphatic carbocycles. The van der Waals surface area contributed by atoms with Crippen LogP contribution in [0.15, 0.2) is 127 Å². The summed E-state index contributed by atoms with van der Waals surface area (Å²) in [6.07, 6.45) is 0. The molecular weight excluding hydrogens is 670 g/mol. The second kappa shape index (κ2) is 9.65. The monoisotopic (exact) mass is 690 g/mol. The molecule has 0 amide bonds. The van der Waals surface area contributed by atoms with Gasteiger partial charge in [0.15, 0.2) is 0 Å². The van der Waals surface area contributed by atoms with E-state index in [0.717, 1.165) is 43.8 Å². The first-order valence-corrected chi connectivity index (χ1v) is 19.9. The molecule has 4 aliphatic rings. The molecule has 6 bridgehead atoms. The molecule has 0 saturated carbocycles. The number of fused-ring (bicyclic) bond motifs is 14. The summed E-state index contributed by atoms with van der Waals surface area (Å²) in [5.74, 6) is 2.74. The number of hydrogen-bond acceptors (Lipinski definition) is 9. The Bertz CT molecular complexity index is 2630. The van der Waals surface area contributed by atoms with Gasteiger partial charge in [-0.3, -0.25) is 0 Å². The van der Waals surface area contributed by atoms with Crippen LogP contribution in [0, 0.1) is 0 Å². The first kappa shape index (κ1) is 27.0. The molecule has 0 unspecified atom stereocenters. The Hall–Kier alpha value is -5.21. The second-order valence-corrected chi connectivity index (χ2v) is 18.1. The van der Waals surface area contributed by atoms with Crippen LogP contribution in [0.1, 0.15) is 29.2 Å². The van der Waals surface area contributed by atoms with Crippen molar-refractivity contribution in [2.45, 2.75) is 6.92 Å². The van der Waals surface area contributed by atoms with Gasteiger partial charge in [-0.05, 0) is 0 Å². The van der Waals surface area contributed by atoms with Gasteiger partial charge in [-0.2, -0.15) is 0 Å². The summed E-state index contributed by atoms with van der Waals surface area (Å²) >= 11 is -4.18. The van der Waals surface area contributed by atoms with E-state index in [0.29, 0.717) is 46.0 Å². The van der Waals surface area contributed by atoms with Gasteiger partial charge in [0, 0.05) is 0 Å². The van der Waals surface area contributed by atoms with Gasteiger partial charge in [0.1, 0.15) is 0 Å². The van der Waals surface area contributed by atoms with Crippen LogP contribution in [0.3, 0.4) is 0 Å². The van der Waals surface area contributed by atoms with E-state index in [4.69, 9.17) is 32.9 Å². The maximum absolute atomic E-state index is 13.6. The predicted molar refractivity (Wildman–Crippen MR) is 182 cm³/mol. The van der Waals surface area contributed by atoms with Crippen molar-refractivity contribution in [2.75, 3.05) is 5.75 Å². The number of aromatic nitrogens is 2. The van der Waals surface area contributed by atoms with Crippen LogP contribution >= 0.6 is 0 Å². The molecule has 0 atom stereocenters. The number of benzene rings is 4. The van der Waals surface area contributed by atoms with E-state index in [9.17, 15) is 8.42 Å². The van der Waals surface area contributed by atoms with Crippen molar-refractivity contribution >= 4 is 83.7 Å². The molecule has 11 nitrogen and oxygen atoms in total. The van der Waals surface area contributed by atoms with E-state index < -0.39 is 27.2 Å². The van der Waals surface area contributed by atoms with Crippen LogP contribution in [-0.4, -0.2) is 61.1 Å². The molecule has 4 aromatic carbocycles. The summed E-state index contributed by atoms with van der Waals surface area (Å²) in [4.78, 5) is 30.7. The van der Waals surface area contributed by atoms with Crippen LogP contribution in [0.25, 0.3) is 21.5 Å². The zero-order valence-corrected chi connectivity index (χ0v) is 28.0. The summed E-state index contributed by atoms with van der Waals surface area (Å²) in [7, 11) is -4.00. The maximum atomic E-state index is 13.6. The van der Waals surface area contributed by atoms with Gasteiger partial charge in [0.05, 0.1) is 0 Å². The third kappa shape index (κ3) is 3.82. The Balaban J connectivity index is 1.51. The van der Waals surface area contributed by atoms with Crippen LogP contribution in [0.2, 0.25) is 0 Å². The molecule has 13 heteroatoms. The molecular formula is C34H21GaN8O3S. The quantitative estimate of drug-likeness (QED) is 0.257. The summed E-state index contributed by atoms with van der Waals surface area (Å²) in [6.45, 7) is 1.58. The van der Waals surface area contributed by atoms with Crippen LogP contribution in [0.4, 0.5) is 11.6 Å². The Morgan fingerprint density at radius 3 is 1.34 bits per heavy atom. The van der Waals surface area contributed by atoms with Crippen molar-refractivity contribution < 1.29 is 11.4 Å². The van der Waals surface area contributed by atoms with Gasteiger partial charge < -0.3 is 0 Å². The molecule has 0 saturated heterocycles. The number of aliphatic imine (C=N–C) groups is 4. The fraction of sp³-hybridized carbons (Fsp3) is 0.0588. The molecule has 4 aliphatic heterocycles. The average Bonchev–Trinajstić information content (AvgIpc) is 3.80. The normalized spacial score (nSPS) is 15.6. The van der Waals surface area contributed by atoms with Crippen LogP contribution in [-0.2, 0) is 13.1 Å². The third-order valence-electron chi connectivity index (χ3n) is 8.85. The van der Waals surface area contributed by atoms with Crippen molar-refractivity contribution in [3.63, 3.8) is 0 Å². The van der Waals surface area contributed by atoms with Crippen molar-refractivity contribution in [3.8, 4) is 0 Å². The van der Waals surface area contributed by atoms with E-state index in [1.807, 2.05) is 104 Å². The van der Waals surface area contributed by atoms with Gasteiger partial charge in [-0.1, -0.05) is 0 Å². The Kier molecular flexibility index (Phi) is 5.53. The van der Waals surface area contributed by atoms with E-state index >= 15 is 0 Å². The molecule has 47 heavy (non-hydrogen) atoms. The molecule has 0 radical (unpaired) electrons. The summed E-state index contributed by atoms with van der Waals surface area (Å²) in [5.41, 5.74) is 4.36. The number of amidine groups is 4.